The molecule has 0 saturated heterocycles. The van der Waals surface area contributed by atoms with Gasteiger partial charge in [-0.3, -0.25) is 0 Å². The highest BCUT2D eigenvalue weighted by Crippen LogP contribution is 2.18. The van der Waals surface area contributed by atoms with Gasteiger partial charge in [0.05, 0.1) is 11.9 Å². The van der Waals surface area contributed by atoms with E-state index in [-0.39, 0.29) is 6.10 Å². The predicted molar refractivity (Wildman–Crippen MR) is 70.2 cm³/mol. The Morgan fingerprint density at radius 3 is 3.18 bits per heavy atom. The number of aliphatic hydroxyl groups excluding tert-OH is 1. The molecule has 1 rings (SSSR count). The van der Waals surface area contributed by atoms with E-state index in [4.69, 9.17) is 11.2 Å². The Kier molecular flexibility index (Phi) is 6.21. The third-order valence-corrected chi connectivity index (χ3v) is 2.69. The molecule has 1 heterocycles. The minimum absolute atomic E-state index is 0.180. The van der Waals surface area contributed by atoms with Crippen LogP contribution in [-0.2, 0) is 4.74 Å². The van der Waals surface area contributed by atoms with Gasteiger partial charge in [-0.2, -0.15) is 0 Å². The molecule has 1 aliphatic rings. The molecule has 0 fully saturated rings. The summed E-state index contributed by atoms with van der Waals surface area (Å²) in [6.45, 7) is 2.05. The van der Waals surface area contributed by atoms with E-state index >= 15 is 0 Å². The van der Waals surface area contributed by atoms with Crippen molar-refractivity contribution >= 4 is 0 Å². The van der Waals surface area contributed by atoms with Crippen LogP contribution in [0.15, 0.2) is 36.1 Å². The SMILES string of the molecule is C#C/C=C/C[C@@H](O)[C@H]1C/C=C\C/C=C(/CC)O1. The number of hydrogen-bond donors (Lipinski definition) is 1. The molecular weight excluding hydrogens is 212 g/mol. The molecule has 0 spiro atoms. The number of hydrogen-bond acceptors (Lipinski definition) is 2. The zero-order chi connectivity index (χ0) is 12.5. The molecule has 0 radical (unpaired) electrons. The quantitative estimate of drug-likeness (QED) is 0.596. The zero-order valence-corrected chi connectivity index (χ0v) is 10.3. The van der Waals surface area contributed by atoms with Crippen LogP contribution >= 0.6 is 0 Å². The summed E-state index contributed by atoms with van der Waals surface area (Å²) in [7, 11) is 0. The maximum Gasteiger partial charge on any atom is 0.128 e. The van der Waals surface area contributed by atoms with Crippen LogP contribution in [0.1, 0.15) is 32.6 Å². The average Bonchev–Trinajstić information content (AvgIpc) is 2.29. The second-order valence-electron chi connectivity index (χ2n) is 4.00. The molecule has 0 aromatic heterocycles. The molecule has 0 saturated carbocycles. The molecular formula is C15H20O2. The monoisotopic (exact) mass is 232 g/mol. The molecule has 0 aromatic rings. The molecule has 17 heavy (non-hydrogen) atoms. The van der Waals surface area contributed by atoms with Gasteiger partial charge in [0.15, 0.2) is 0 Å². The first-order chi connectivity index (χ1) is 8.27. The van der Waals surface area contributed by atoms with Crippen molar-refractivity contribution in [3.63, 3.8) is 0 Å². The van der Waals surface area contributed by atoms with Crippen molar-refractivity contribution in [1.82, 2.24) is 0 Å². The normalized spacial score (nSPS) is 27.1. The van der Waals surface area contributed by atoms with Crippen molar-refractivity contribution in [1.29, 1.82) is 0 Å². The lowest BCUT2D eigenvalue weighted by Crippen LogP contribution is -2.28. The Morgan fingerprint density at radius 1 is 1.65 bits per heavy atom. The van der Waals surface area contributed by atoms with Gasteiger partial charge in [-0.25, -0.2) is 0 Å². The van der Waals surface area contributed by atoms with E-state index in [0.29, 0.717) is 6.42 Å². The molecule has 0 amide bonds. The zero-order valence-electron chi connectivity index (χ0n) is 10.3. The molecule has 1 N–H and O–H groups in total. The smallest absolute Gasteiger partial charge is 0.128 e. The van der Waals surface area contributed by atoms with Gasteiger partial charge < -0.3 is 9.84 Å². The summed E-state index contributed by atoms with van der Waals surface area (Å²) >= 11 is 0. The first-order valence-electron chi connectivity index (χ1n) is 6.07. The van der Waals surface area contributed by atoms with Crippen molar-refractivity contribution < 1.29 is 9.84 Å². The Labute approximate surface area is 104 Å². The van der Waals surface area contributed by atoms with Crippen LogP contribution in [-0.4, -0.2) is 17.3 Å². The lowest BCUT2D eigenvalue weighted by Gasteiger charge is -2.24. The fourth-order valence-electron chi connectivity index (χ4n) is 1.71. The third kappa shape index (κ3) is 4.93. The Morgan fingerprint density at radius 2 is 2.47 bits per heavy atom. The molecule has 0 bridgehead atoms. The van der Waals surface area contributed by atoms with Crippen molar-refractivity contribution in [2.75, 3.05) is 0 Å². The van der Waals surface area contributed by atoms with Crippen molar-refractivity contribution in [2.24, 2.45) is 0 Å². The van der Waals surface area contributed by atoms with E-state index in [1.165, 1.54) is 0 Å². The van der Waals surface area contributed by atoms with E-state index in [1.54, 1.807) is 12.2 Å². The first kappa shape index (κ1) is 13.6. The minimum atomic E-state index is -0.516. The summed E-state index contributed by atoms with van der Waals surface area (Å²) in [5.41, 5.74) is 0. The van der Waals surface area contributed by atoms with Gasteiger partial charge in [-0.1, -0.05) is 31.1 Å². The molecule has 2 nitrogen and oxygen atoms in total. The lowest BCUT2D eigenvalue weighted by atomic mass is 10.1. The molecule has 92 valence electrons. The maximum absolute atomic E-state index is 10.0. The molecule has 0 aliphatic carbocycles. The fourth-order valence-corrected chi connectivity index (χ4v) is 1.71. The number of ether oxygens (including phenoxy) is 1. The number of aliphatic hydroxyl groups is 1. The van der Waals surface area contributed by atoms with Gasteiger partial charge in [0.25, 0.3) is 0 Å². The third-order valence-electron chi connectivity index (χ3n) is 2.69. The van der Waals surface area contributed by atoms with Gasteiger partial charge >= 0.3 is 0 Å². The minimum Gasteiger partial charge on any atom is -0.492 e. The first-order valence-corrected chi connectivity index (χ1v) is 6.07. The van der Waals surface area contributed by atoms with Gasteiger partial charge in [-0.05, 0) is 25.0 Å². The van der Waals surface area contributed by atoms with Crippen LogP contribution in [0.5, 0.6) is 0 Å². The van der Waals surface area contributed by atoms with Crippen LogP contribution in [0, 0.1) is 12.3 Å². The highest BCUT2D eigenvalue weighted by atomic mass is 16.5. The predicted octanol–water partition coefficient (Wildman–Crippen LogP) is 2.96. The van der Waals surface area contributed by atoms with Gasteiger partial charge in [0.2, 0.25) is 0 Å². The van der Waals surface area contributed by atoms with Crippen molar-refractivity contribution in [2.45, 2.75) is 44.8 Å². The van der Waals surface area contributed by atoms with E-state index in [1.807, 2.05) is 0 Å². The standard InChI is InChI=1S/C15H20O2/c1-3-5-7-11-14(16)15-12-9-6-8-10-13(4-2)17-15/h1,5-7,9-10,14-16H,4,8,11-12H2,2H3/b7-5+,9-6-,13-10-/t14-,15-/m1/s1. The van der Waals surface area contributed by atoms with Gasteiger partial charge in [0, 0.05) is 12.8 Å². The lowest BCUT2D eigenvalue weighted by molar-refractivity contribution is -0.00307. The largest absolute Gasteiger partial charge is 0.492 e. The fraction of sp³-hybridized carbons (Fsp3) is 0.467. The molecule has 0 aromatic carbocycles. The van der Waals surface area contributed by atoms with Crippen molar-refractivity contribution in [3.05, 3.63) is 36.1 Å². The topological polar surface area (TPSA) is 29.5 Å². The molecule has 2 heteroatoms. The van der Waals surface area contributed by atoms with Crippen LogP contribution in [0.25, 0.3) is 0 Å². The van der Waals surface area contributed by atoms with E-state index < -0.39 is 6.10 Å². The second-order valence-corrected chi connectivity index (χ2v) is 4.00. The van der Waals surface area contributed by atoms with Crippen LogP contribution in [0.3, 0.4) is 0 Å². The van der Waals surface area contributed by atoms with Gasteiger partial charge in [0.1, 0.15) is 6.10 Å². The number of allylic oxidation sites excluding steroid dienone is 4. The second kappa shape index (κ2) is 7.76. The summed E-state index contributed by atoms with van der Waals surface area (Å²) in [5.74, 6) is 3.37. The Balaban J connectivity index is 2.58. The summed E-state index contributed by atoms with van der Waals surface area (Å²) in [6, 6.07) is 0. The molecule has 1 aliphatic heterocycles. The van der Waals surface area contributed by atoms with Crippen LogP contribution in [0.2, 0.25) is 0 Å². The van der Waals surface area contributed by atoms with E-state index in [2.05, 4.69) is 31.1 Å². The van der Waals surface area contributed by atoms with Crippen molar-refractivity contribution in [3.8, 4) is 12.3 Å². The highest BCUT2D eigenvalue weighted by molar-refractivity contribution is 5.09. The van der Waals surface area contributed by atoms with Gasteiger partial charge in [-0.15, -0.1) is 6.42 Å². The molecule has 0 unspecified atom stereocenters. The number of terminal acetylenes is 1. The van der Waals surface area contributed by atoms with Crippen LogP contribution < -0.4 is 0 Å². The maximum atomic E-state index is 10.0. The van der Waals surface area contributed by atoms with E-state index in [0.717, 1.165) is 25.0 Å². The summed E-state index contributed by atoms with van der Waals surface area (Å²) in [4.78, 5) is 0. The highest BCUT2D eigenvalue weighted by Gasteiger charge is 2.19. The Bertz CT molecular complexity index is 344. The van der Waals surface area contributed by atoms with Crippen LogP contribution in [0.4, 0.5) is 0 Å². The summed E-state index contributed by atoms with van der Waals surface area (Å²) < 4.78 is 5.81. The summed E-state index contributed by atoms with van der Waals surface area (Å²) in [5, 5.41) is 10.0. The Hall–Kier alpha value is -1.46. The average molecular weight is 232 g/mol. The van der Waals surface area contributed by atoms with E-state index in [9.17, 15) is 5.11 Å². The number of rotatable bonds is 4. The summed E-state index contributed by atoms with van der Waals surface area (Å²) in [6.07, 6.45) is 17.1. The molecule has 2 atom stereocenters.